The molecular formula is C14H25NO6Si. The van der Waals surface area contributed by atoms with E-state index in [1.807, 2.05) is 0 Å². The van der Waals surface area contributed by atoms with Gasteiger partial charge in [0.15, 0.2) is 0 Å². The van der Waals surface area contributed by atoms with Gasteiger partial charge in [0.25, 0.3) is 0 Å². The van der Waals surface area contributed by atoms with E-state index in [9.17, 15) is 9.59 Å². The van der Waals surface area contributed by atoms with Gasteiger partial charge < -0.3 is 24.0 Å². The van der Waals surface area contributed by atoms with Crippen LogP contribution in [0.1, 0.15) is 20.3 Å². The molecule has 0 aliphatic heterocycles. The first-order chi connectivity index (χ1) is 10.6. The van der Waals surface area contributed by atoms with Crippen LogP contribution in [0.2, 0.25) is 6.04 Å². The maximum Gasteiger partial charge on any atom is 0.407 e. The third kappa shape index (κ3) is 12.4. The zero-order valence-corrected chi connectivity index (χ0v) is 14.5. The molecule has 0 aliphatic rings. The van der Waals surface area contributed by atoms with E-state index in [4.69, 9.17) is 18.6 Å². The van der Waals surface area contributed by atoms with Gasteiger partial charge in [-0.05, 0) is 26.3 Å². The predicted octanol–water partition coefficient (Wildman–Crippen LogP) is 1.31. The van der Waals surface area contributed by atoms with Gasteiger partial charge in [0.1, 0.15) is 13.2 Å². The lowest BCUT2D eigenvalue weighted by Gasteiger charge is -2.08. The fraction of sp³-hybridized carbons (Fsp3) is 0.714. The van der Waals surface area contributed by atoms with Crippen LogP contribution in [0.5, 0.6) is 0 Å². The first-order valence-electron chi connectivity index (χ1n) is 7.16. The molecule has 0 aromatic heterocycles. The number of rotatable bonds is 12. The summed E-state index contributed by atoms with van der Waals surface area (Å²) in [6.45, 7) is 4.92. The summed E-state index contributed by atoms with van der Waals surface area (Å²) in [6.07, 6.45) is 2.04. The van der Waals surface area contributed by atoms with Gasteiger partial charge in [0, 0.05) is 19.3 Å². The molecule has 1 N–H and O–H groups in total. The minimum atomic E-state index is -0.553. The normalized spacial score (nSPS) is 11.1. The van der Waals surface area contributed by atoms with Crippen molar-refractivity contribution in [1.82, 2.24) is 5.32 Å². The van der Waals surface area contributed by atoms with Crippen LogP contribution in [0, 0.1) is 0 Å². The number of ether oxygens (including phenoxy) is 3. The second-order valence-corrected chi connectivity index (χ2v) is 5.43. The molecule has 0 heterocycles. The van der Waals surface area contributed by atoms with Crippen LogP contribution in [0.25, 0.3) is 0 Å². The van der Waals surface area contributed by atoms with Gasteiger partial charge in [-0.3, -0.25) is 0 Å². The number of esters is 1. The van der Waals surface area contributed by atoms with Crippen LogP contribution in [0.4, 0.5) is 4.79 Å². The zero-order chi connectivity index (χ0) is 16.6. The molecule has 0 saturated heterocycles. The first kappa shape index (κ1) is 20.6. The Labute approximate surface area is 134 Å². The summed E-state index contributed by atoms with van der Waals surface area (Å²) in [5.74, 6) is -0.389. The first-order valence-corrected chi connectivity index (χ1v) is 8.27. The van der Waals surface area contributed by atoms with E-state index < -0.39 is 6.09 Å². The Hall–Kier alpha value is -1.38. The van der Waals surface area contributed by atoms with Crippen molar-refractivity contribution in [3.05, 3.63) is 11.6 Å². The number of carbonyl (C=O) groups is 2. The lowest BCUT2D eigenvalue weighted by molar-refractivity contribution is -0.138. The summed E-state index contributed by atoms with van der Waals surface area (Å²) < 4.78 is 20.1. The molecule has 0 rings (SSSR count). The number of amides is 1. The molecule has 0 saturated carbocycles. The van der Waals surface area contributed by atoms with Crippen molar-refractivity contribution in [2.45, 2.75) is 26.3 Å². The Balaban J connectivity index is 3.38. The number of alkyl carbamates (subject to hydrolysis) is 1. The Kier molecular flexibility index (Phi) is 13.6. The second kappa shape index (κ2) is 14.5. The molecule has 0 bridgehead atoms. The highest BCUT2D eigenvalue weighted by molar-refractivity contribution is 6.26. The van der Waals surface area contributed by atoms with E-state index in [1.54, 1.807) is 27.0 Å². The van der Waals surface area contributed by atoms with Crippen LogP contribution in [-0.2, 0) is 23.4 Å². The minimum Gasteiger partial charge on any atom is -0.460 e. The number of carbonyl (C=O) groups excluding carboxylic acids is 2. The molecule has 8 heteroatoms. The lowest BCUT2D eigenvalue weighted by atomic mass is 10.3. The van der Waals surface area contributed by atoms with E-state index in [1.165, 1.54) is 0 Å². The van der Waals surface area contributed by atoms with Crippen molar-refractivity contribution in [3.8, 4) is 0 Å². The SMILES string of the molecule is C/C=C(\C)C(=O)OCCNC(=O)OCCOCCC[Si]OC. The Morgan fingerprint density at radius 1 is 1.14 bits per heavy atom. The third-order valence-corrected chi connectivity index (χ3v) is 3.38. The molecule has 1 amide bonds. The Morgan fingerprint density at radius 3 is 2.59 bits per heavy atom. The van der Waals surface area contributed by atoms with Gasteiger partial charge in [-0.2, -0.15) is 0 Å². The summed E-state index contributed by atoms with van der Waals surface area (Å²) in [5.41, 5.74) is 0.533. The summed E-state index contributed by atoms with van der Waals surface area (Å²) in [5, 5.41) is 2.48. The number of allylic oxidation sites excluding steroid dienone is 1. The predicted molar refractivity (Wildman–Crippen MR) is 82.7 cm³/mol. The molecule has 22 heavy (non-hydrogen) atoms. The summed E-state index contributed by atoms with van der Waals surface area (Å²) in [6, 6.07) is 0.975. The van der Waals surface area contributed by atoms with Crippen LogP contribution < -0.4 is 5.32 Å². The van der Waals surface area contributed by atoms with Gasteiger partial charge in [-0.15, -0.1) is 0 Å². The van der Waals surface area contributed by atoms with Gasteiger partial charge in [0.05, 0.1) is 13.2 Å². The minimum absolute atomic E-state index is 0.107. The highest BCUT2D eigenvalue weighted by Crippen LogP contribution is 1.95. The summed E-state index contributed by atoms with van der Waals surface area (Å²) in [4.78, 5) is 22.6. The van der Waals surface area contributed by atoms with E-state index >= 15 is 0 Å². The number of nitrogens with one attached hydrogen (secondary N) is 1. The van der Waals surface area contributed by atoms with Gasteiger partial charge in [-0.1, -0.05) is 6.08 Å². The third-order valence-electron chi connectivity index (χ3n) is 2.53. The molecular weight excluding hydrogens is 306 g/mol. The van der Waals surface area contributed by atoms with Crippen LogP contribution in [0.3, 0.4) is 0 Å². The molecule has 126 valence electrons. The molecule has 0 fully saturated rings. The molecule has 0 unspecified atom stereocenters. The Bertz CT molecular complexity index is 348. The molecule has 0 atom stereocenters. The summed E-state index contributed by atoms with van der Waals surface area (Å²) in [7, 11) is 2.18. The molecule has 0 spiro atoms. The van der Waals surface area contributed by atoms with Gasteiger partial charge in [0.2, 0.25) is 9.76 Å². The average Bonchev–Trinajstić information content (AvgIpc) is 2.53. The van der Waals surface area contributed by atoms with E-state index in [0.717, 1.165) is 12.5 Å². The monoisotopic (exact) mass is 331 g/mol. The van der Waals surface area contributed by atoms with E-state index in [0.29, 0.717) is 28.5 Å². The highest BCUT2D eigenvalue weighted by Gasteiger charge is 2.05. The number of hydrogen-bond donors (Lipinski definition) is 1. The van der Waals surface area contributed by atoms with Crippen molar-refractivity contribution in [2.75, 3.05) is 40.1 Å². The fourth-order valence-corrected chi connectivity index (χ4v) is 1.72. The van der Waals surface area contributed by atoms with Crippen molar-refractivity contribution >= 4 is 21.8 Å². The lowest BCUT2D eigenvalue weighted by Crippen LogP contribution is -2.29. The van der Waals surface area contributed by atoms with Gasteiger partial charge >= 0.3 is 12.1 Å². The van der Waals surface area contributed by atoms with Crippen molar-refractivity contribution < 1.29 is 28.2 Å². The smallest absolute Gasteiger partial charge is 0.407 e. The average molecular weight is 331 g/mol. The molecule has 7 nitrogen and oxygen atoms in total. The second-order valence-electron chi connectivity index (χ2n) is 4.23. The maximum atomic E-state index is 11.3. The maximum absolute atomic E-state index is 11.3. The zero-order valence-electron chi connectivity index (χ0n) is 13.5. The highest BCUT2D eigenvalue weighted by atomic mass is 28.2. The van der Waals surface area contributed by atoms with E-state index in [-0.39, 0.29) is 25.7 Å². The van der Waals surface area contributed by atoms with Crippen molar-refractivity contribution in [1.29, 1.82) is 0 Å². The molecule has 0 aromatic rings. The Morgan fingerprint density at radius 2 is 1.91 bits per heavy atom. The van der Waals surface area contributed by atoms with Crippen molar-refractivity contribution in [2.24, 2.45) is 0 Å². The molecule has 2 radical (unpaired) electrons. The number of hydrogen-bond acceptors (Lipinski definition) is 6. The van der Waals surface area contributed by atoms with Crippen LogP contribution in [0.15, 0.2) is 11.6 Å². The molecule has 0 aliphatic carbocycles. The molecule has 0 aromatic carbocycles. The topological polar surface area (TPSA) is 83.1 Å². The van der Waals surface area contributed by atoms with Crippen molar-refractivity contribution in [3.63, 3.8) is 0 Å². The fourth-order valence-electron chi connectivity index (χ4n) is 1.22. The standard InChI is InChI=1S/C14H25NO6Si/c1-4-12(2)13(16)20-8-6-15-14(17)21-10-9-19-7-5-11-22-18-3/h4H,5-11H2,1-3H3,(H,15,17)/b12-4+. The quantitative estimate of drug-likeness (QED) is 0.251. The summed E-state index contributed by atoms with van der Waals surface area (Å²) >= 11 is 0. The largest absolute Gasteiger partial charge is 0.460 e. The van der Waals surface area contributed by atoms with E-state index in [2.05, 4.69) is 5.32 Å². The van der Waals surface area contributed by atoms with Crippen LogP contribution in [-0.4, -0.2) is 61.9 Å². The van der Waals surface area contributed by atoms with Gasteiger partial charge in [-0.25, -0.2) is 9.59 Å². The van der Waals surface area contributed by atoms with Crippen LogP contribution >= 0.6 is 0 Å².